The zero-order valence-electron chi connectivity index (χ0n) is 17.0. The van der Waals surface area contributed by atoms with Crippen LogP contribution in [0.5, 0.6) is 0 Å². The van der Waals surface area contributed by atoms with Crippen LogP contribution in [0.3, 0.4) is 0 Å². The maximum atomic E-state index is 12.9. The molecule has 3 rings (SSSR count). The largest absolute Gasteiger partial charge is 0.379 e. The molecule has 0 unspecified atom stereocenters. The van der Waals surface area contributed by atoms with Crippen molar-refractivity contribution in [2.24, 2.45) is 0 Å². The Balaban J connectivity index is 1.47. The van der Waals surface area contributed by atoms with Crippen LogP contribution in [0.2, 0.25) is 0 Å². The van der Waals surface area contributed by atoms with Gasteiger partial charge < -0.3 is 14.5 Å². The summed E-state index contributed by atoms with van der Waals surface area (Å²) in [6.45, 7) is 10.8. The second-order valence-corrected chi connectivity index (χ2v) is 7.74. The van der Waals surface area contributed by atoms with Crippen LogP contribution in [0, 0.1) is 0 Å². The van der Waals surface area contributed by atoms with Crippen molar-refractivity contribution in [1.29, 1.82) is 0 Å². The topological polar surface area (TPSA) is 56.3 Å². The zero-order valence-corrected chi connectivity index (χ0v) is 17.0. The summed E-state index contributed by atoms with van der Waals surface area (Å²) in [7, 11) is 0. The first-order chi connectivity index (χ1) is 13.5. The highest BCUT2D eigenvalue weighted by atomic mass is 16.5. The van der Waals surface area contributed by atoms with Crippen LogP contribution in [-0.4, -0.2) is 98.1 Å². The molecule has 2 amide bonds. The summed E-state index contributed by atoms with van der Waals surface area (Å²) in [5.74, 6) is 0.287. The lowest BCUT2D eigenvalue weighted by atomic mass is 10.2. The second kappa shape index (κ2) is 10.0. The molecule has 1 aromatic carbocycles. The summed E-state index contributed by atoms with van der Waals surface area (Å²) in [6, 6.07) is 9.92. The van der Waals surface area contributed by atoms with Gasteiger partial charge >= 0.3 is 0 Å². The molecular formula is C21H32N4O3. The lowest BCUT2D eigenvalue weighted by Crippen LogP contribution is -2.54. The number of benzene rings is 1. The van der Waals surface area contributed by atoms with Crippen molar-refractivity contribution in [3.63, 3.8) is 0 Å². The Kier molecular flexibility index (Phi) is 7.42. The van der Waals surface area contributed by atoms with Gasteiger partial charge in [0.15, 0.2) is 0 Å². The molecule has 0 aromatic heterocycles. The average Bonchev–Trinajstić information content (AvgIpc) is 2.70. The van der Waals surface area contributed by atoms with Gasteiger partial charge in [-0.1, -0.05) is 18.2 Å². The maximum absolute atomic E-state index is 12.9. The van der Waals surface area contributed by atoms with E-state index < -0.39 is 0 Å². The fourth-order valence-electron chi connectivity index (χ4n) is 3.79. The molecule has 7 nitrogen and oxygen atoms in total. The van der Waals surface area contributed by atoms with E-state index in [9.17, 15) is 9.59 Å². The summed E-state index contributed by atoms with van der Waals surface area (Å²) in [6.07, 6.45) is 0. The number of hydrogen-bond acceptors (Lipinski definition) is 5. The molecule has 2 aliphatic rings. The third kappa shape index (κ3) is 5.53. The maximum Gasteiger partial charge on any atom is 0.241 e. The van der Waals surface area contributed by atoms with Gasteiger partial charge in [-0.25, -0.2) is 0 Å². The Hall–Kier alpha value is -1.96. The van der Waals surface area contributed by atoms with Gasteiger partial charge in [-0.3, -0.25) is 19.4 Å². The quantitative estimate of drug-likeness (QED) is 0.725. The van der Waals surface area contributed by atoms with Crippen molar-refractivity contribution in [3.8, 4) is 0 Å². The Morgan fingerprint density at radius 1 is 0.929 bits per heavy atom. The van der Waals surface area contributed by atoms with Gasteiger partial charge in [-0.2, -0.15) is 0 Å². The first-order valence-electron chi connectivity index (χ1n) is 10.2. The van der Waals surface area contributed by atoms with Crippen molar-refractivity contribution in [3.05, 3.63) is 30.3 Å². The van der Waals surface area contributed by atoms with E-state index in [-0.39, 0.29) is 17.9 Å². The molecule has 2 aliphatic heterocycles. The molecule has 0 aliphatic carbocycles. The van der Waals surface area contributed by atoms with Gasteiger partial charge in [0.1, 0.15) is 0 Å². The fourth-order valence-corrected chi connectivity index (χ4v) is 3.79. The predicted octanol–water partition coefficient (Wildman–Crippen LogP) is 0.904. The van der Waals surface area contributed by atoms with E-state index in [2.05, 4.69) is 9.80 Å². The minimum atomic E-state index is 0.103. The van der Waals surface area contributed by atoms with E-state index in [4.69, 9.17) is 4.74 Å². The third-order valence-corrected chi connectivity index (χ3v) is 5.37. The summed E-state index contributed by atoms with van der Waals surface area (Å²) < 4.78 is 5.34. The molecule has 154 valence electrons. The van der Waals surface area contributed by atoms with E-state index in [1.54, 1.807) is 0 Å². The van der Waals surface area contributed by atoms with Crippen LogP contribution in [-0.2, 0) is 14.3 Å². The van der Waals surface area contributed by atoms with E-state index in [0.29, 0.717) is 39.4 Å². The fraction of sp³-hybridized carbons (Fsp3) is 0.619. The number of anilines is 1. The molecule has 2 fully saturated rings. The van der Waals surface area contributed by atoms with E-state index in [0.717, 1.165) is 31.9 Å². The standard InChI is InChI=1S/C21H32N4O3/c1-18(2)25(19-6-4-3-5-7-19)21(27)17-22-8-10-24(11-9-22)20(26)16-23-12-14-28-15-13-23/h3-7,18H,8-17H2,1-2H3. The first kappa shape index (κ1) is 20.8. The first-order valence-corrected chi connectivity index (χ1v) is 10.2. The van der Waals surface area contributed by atoms with Crippen molar-refractivity contribution in [1.82, 2.24) is 14.7 Å². The van der Waals surface area contributed by atoms with Crippen molar-refractivity contribution in [2.75, 3.05) is 70.5 Å². The van der Waals surface area contributed by atoms with Crippen LogP contribution in [0.25, 0.3) is 0 Å². The van der Waals surface area contributed by atoms with Crippen LogP contribution in [0.4, 0.5) is 5.69 Å². The van der Waals surface area contributed by atoms with Gasteiger partial charge in [0.25, 0.3) is 0 Å². The van der Waals surface area contributed by atoms with Crippen LogP contribution in [0.1, 0.15) is 13.8 Å². The van der Waals surface area contributed by atoms with Crippen LogP contribution in [0.15, 0.2) is 30.3 Å². The molecule has 2 heterocycles. The third-order valence-electron chi connectivity index (χ3n) is 5.37. The number of hydrogen-bond donors (Lipinski definition) is 0. The Labute approximate surface area is 167 Å². The molecule has 0 bridgehead atoms. The van der Waals surface area contributed by atoms with Crippen molar-refractivity contribution in [2.45, 2.75) is 19.9 Å². The average molecular weight is 389 g/mol. The molecule has 0 saturated carbocycles. The minimum absolute atomic E-state index is 0.103. The molecule has 2 saturated heterocycles. The zero-order chi connectivity index (χ0) is 19.9. The number of carbonyl (C=O) groups excluding carboxylic acids is 2. The molecule has 28 heavy (non-hydrogen) atoms. The van der Waals surface area contributed by atoms with Gasteiger partial charge in [-0.15, -0.1) is 0 Å². The molecule has 0 atom stereocenters. The van der Waals surface area contributed by atoms with E-state index >= 15 is 0 Å². The van der Waals surface area contributed by atoms with Crippen molar-refractivity contribution >= 4 is 17.5 Å². The van der Waals surface area contributed by atoms with Gasteiger partial charge in [0.2, 0.25) is 11.8 Å². The van der Waals surface area contributed by atoms with Gasteiger partial charge in [-0.05, 0) is 26.0 Å². The highest BCUT2D eigenvalue weighted by molar-refractivity contribution is 5.95. The Morgan fingerprint density at radius 3 is 2.14 bits per heavy atom. The normalized spacial score (nSPS) is 19.0. The number of amides is 2. The molecule has 7 heteroatoms. The van der Waals surface area contributed by atoms with E-state index in [1.807, 2.05) is 54.0 Å². The second-order valence-electron chi connectivity index (χ2n) is 7.74. The SMILES string of the molecule is CC(C)N(C(=O)CN1CCN(C(=O)CN2CCOCC2)CC1)c1ccccc1. The van der Waals surface area contributed by atoms with Gasteiger partial charge in [0.05, 0.1) is 26.3 Å². The number of morpholine rings is 1. The number of rotatable bonds is 6. The van der Waals surface area contributed by atoms with E-state index in [1.165, 1.54) is 0 Å². The molecule has 0 radical (unpaired) electrons. The van der Waals surface area contributed by atoms with Gasteiger partial charge in [0, 0.05) is 51.0 Å². The van der Waals surface area contributed by atoms with Crippen molar-refractivity contribution < 1.29 is 14.3 Å². The molecule has 0 N–H and O–H groups in total. The highest BCUT2D eigenvalue weighted by Gasteiger charge is 2.26. The number of carbonyl (C=O) groups is 2. The van der Waals surface area contributed by atoms with Crippen LogP contribution < -0.4 is 4.90 Å². The predicted molar refractivity (Wildman–Crippen MR) is 109 cm³/mol. The molecular weight excluding hydrogens is 356 g/mol. The monoisotopic (exact) mass is 388 g/mol. The number of para-hydroxylation sites is 1. The highest BCUT2D eigenvalue weighted by Crippen LogP contribution is 2.17. The molecule has 1 aromatic rings. The summed E-state index contributed by atoms with van der Waals surface area (Å²) >= 11 is 0. The van der Waals surface area contributed by atoms with Crippen LogP contribution >= 0.6 is 0 Å². The Bertz CT molecular complexity index is 638. The Morgan fingerprint density at radius 2 is 1.54 bits per heavy atom. The summed E-state index contributed by atoms with van der Waals surface area (Å²) in [5.41, 5.74) is 0.932. The summed E-state index contributed by atoms with van der Waals surface area (Å²) in [4.78, 5) is 33.5. The minimum Gasteiger partial charge on any atom is -0.379 e. The number of piperazine rings is 1. The molecule has 0 spiro atoms. The lowest BCUT2D eigenvalue weighted by Gasteiger charge is -2.37. The lowest BCUT2D eigenvalue weighted by molar-refractivity contribution is -0.135. The number of ether oxygens (including phenoxy) is 1. The number of nitrogens with zero attached hydrogens (tertiary/aromatic N) is 4. The summed E-state index contributed by atoms with van der Waals surface area (Å²) in [5, 5.41) is 0. The smallest absolute Gasteiger partial charge is 0.241 e.